The van der Waals surface area contributed by atoms with Gasteiger partial charge in [-0.2, -0.15) is 0 Å². The predicted octanol–water partition coefficient (Wildman–Crippen LogP) is 5.42. The van der Waals surface area contributed by atoms with E-state index in [0.29, 0.717) is 28.6 Å². The Morgan fingerprint density at radius 1 is 1.14 bits per heavy atom. The summed E-state index contributed by atoms with van der Waals surface area (Å²) in [5.74, 6) is -1.14. The number of carbonyl (C=O) groups excluding carboxylic acids is 2. The number of Topliss-reactive ketones (excluding diaryl/α,β-unsaturated/α-hetero) is 1. The molecule has 1 aliphatic rings. The maximum atomic E-state index is 13.3. The van der Waals surface area contributed by atoms with Crippen molar-refractivity contribution in [3.8, 4) is 5.69 Å². The van der Waals surface area contributed by atoms with Crippen LogP contribution >= 0.6 is 0 Å². The van der Waals surface area contributed by atoms with Crippen molar-refractivity contribution >= 4 is 23.1 Å². The van der Waals surface area contributed by atoms with Crippen LogP contribution < -0.4 is 4.90 Å². The fourth-order valence-electron chi connectivity index (χ4n) is 4.80. The van der Waals surface area contributed by atoms with Crippen LogP contribution in [0.5, 0.6) is 0 Å². The van der Waals surface area contributed by atoms with Gasteiger partial charge in [-0.1, -0.05) is 6.92 Å². The molecule has 2 heterocycles. The van der Waals surface area contributed by atoms with Crippen molar-refractivity contribution in [2.75, 3.05) is 24.6 Å². The number of halogens is 1. The fourth-order valence-corrected chi connectivity index (χ4v) is 4.80. The monoisotopic (exact) mass is 493 g/mol. The second-order valence-electron chi connectivity index (χ2n) is 9.25. The molecule has 4 rings (SSSR count). The van der Waals surface area contributed by atoms with E-state index in [4.69, 9.17) is 4.74 Å². The highest BCUT2D eigenvalue weighted by Gasteiger charge is 2.26. The number of carbonyl (C=O) groups is 2. The molecule has 1 saturated heterocycles. The number of aromatic nitrogens is 1. The Bertz CT molecular complexity index is 1320. The van der Waals surface area contributed by atoms with E-state index in [9.17, 15) is 24.1 Å². The molecular formula is C27H28FN3O5. The average Bonchev–Trinajstić information content (AvgIpc) is 3.16. The molecule has 9 heteroatoms. The van der Waals surface area contributed by atoms with Gasteiger partial charge in [0.05, 0.1) is 10.5 Å². The minimum atomic E-state index is -0.808. The molecular weight excluding hydrogens is 465 g/mol. The molecule has 0 amide bonds. The van der Waals surface area contributed by atoms with Crippen molar-refractivity contribution in [2.45, 2.75) is 33.6 Å². The first-order valence-electron chi connectivity index (χ1n) is 11.8. The van der Waals surface area contributed by atoms with E-state index in [1.165, 1.54) is 24.3 Å². The zero-order valence-electron chi connectivity index (χ0n) is 20.5. The van der Waals surface area contributed by atoms with Gasteiger partial charge in [-0.25, -0.2) is 9.18 Å². The molecule has 0 saturated carbocycles. The molecule has 3 aromatic rings. The first-order chi connectivity index (χ1) is 17.2. The van der Waals surface area contributed by atoms with Crippen LogP contribution in [0.15, 0.2) is 48.5 Å². The summed E-state index contributed by atoms with van der Waals surface area (Å²) in [4.78, 5) is 38.7. The molecule has 188 valence electrons. The molecule has 0 aliphatic carbocycles. The van der Waals surface area contributed by atoms with Crippen LogP contribution in [-0.2, 0) is 4.74 Å². The predicted molar refractivity (Wildman–Crippen MR) is 134 cm³/mol. The lowest BCUT2D eigenvalue weighted by Gasteiger charge is -2.32. The number of aryl methyl sites for hydroxylation is 1. The molecule has 2 aromatic carbocycles. The molecule has 8 nitrogen and oxygen atoms in total. The van der Waals surface area contributed by atoms with Crippen LogP contribution in [0.1, 0.15) is 51.9 Å². The Kier molecular flexibility index (Phi) is 7.19. The molecule has 1 aromatic heterocycles. The van der Waals surface area contributed by atoms with Gasteiger partial charge in [-0.05, 0) is 75.1 Å². The van der Waals surface area contributed by atoms with Crippen molar-refractivity contribution in [2.24, 2.45) is 5.92 Å². The van der Waals surface area contributed by atoms with Gasteiger partial charge >= 0.3 is 5.97 Å². The second-order valence-corrected chi connectivity index (χ2v) is 9.25. The minimum absolute atomic E-state index is 0.0140. The largest absolute Gasteiger partial charge is 0.454 e. The van der Waals surface area contributed by atoms with Gasteiger partial charge in [0.1, 0.15) is 11.5 Å². The Labute approximate surface area is 208 Å². The Morgan fingerprint density at radius 2 is 1.86 bits per heavy atom. The van der Waals surface area contributed by atoms with Crippen LogP contribution in [0.25, 0.3) is 5.69 Å². The number of nitro benzene ring substituents is 1. The lowest BCUT2D eigenvalue weighted by atomic mass is 9.99. The highest BCUT2D eigenvalue weighted by molar-refractivity contribution is 6.00. The second kappa shape index (κ2) is 10.3. The van der Waals surface area contributed by atoms with E-state index in [2.05, 4.69) is 6.92 Å². The highest BCUT2D eigenvalue weighted by Crippen LogP contribution is 2.32. The molecule has 0 N–H and O–H groups in total. The standard InChI is InChI=1S/C27H28FN3O5/c1-17-5-4-12-29(15-17)24-11-6-20(14-25(24)31(34)35)27(33)36-16-26(32)23-13-18(2)30(19(23)3)22-9-7-21(28)8-10-22/h6-11,13-14,17H,4-5,12,15-16H2,1-3H3. The van der Waals surface area contributed by atoms with E-state index in [1.807, 2.05) is 16.4 Å². The van der Waals surface area contributed by atoms with Crippen LogP contribution in [0.4, 0.5) is 15.8 Å². The van der Waals surface area contributed by atoms with Crippen LogP contribution in [0.2, 0.25) is 0 Å². The van der Waals surface area contributed by atoms with Gasteiger partial charge in [-0.15, -0.1) is 0 Å². The third-order valence-electron chi connectivity index (χ3n) is 6.56. The van der Waals surface area contributed by atoms with Crippen molar-refractivity contribution < 1.29 is 23.6 Å². The lowest BCUT2D eigenvalue weighted by molar-refractivity contribution is -0.384. The zero-order chi connectivity index (χ0) is 26.0. The number of rotatable bonds is 7. The Balaban J connectivity index is 1.48. The van der Waals surface area contributed by atoms with E-state index < -0.39 is 23.3 Å². The highest BCUT2D eigenvalue weighted by atomic mass is 19.1. The summed E-state index contributed by atoms with van der Waals surface area (Å²) in [6.45, 7) is 6.62. The van der Waals surface area contributed by atoms with Gasteiger partial charge in [0.25, 0.3) is 5.69 Å². The van der Waals surface area contributed by atoms with Crippen LogP contribution in [0.3, 0.4) is 0 Å². The molecule has 1 atom stereocenters. The van der Waals surface area contributed by atoms with Gasteiger partial charge < -0.3 is 14.2 Å². The molecule has 36 heavy (non-hydrogen) atoms. The summed E-state index contributed by atoms with van der Waals surface area (Å²) in [6, 6.07) is 11.9. The Hall–Kier alpha value is -4.01. The summed E-state index contributed by atoms with van der Waals surface area (Å²) in [7, 11) is 0. The van der Waals surface area contributed by atoms with E-state index in [-0.39, 0.29) is 17.1 Å². The SMILES string of the molecule is Cc1cc(C(=O)COC(=O)c2ccc(N3CCCC(C)C3)c([N+](=O)[O-])c2)c(C)n1-c1ccc(F)cc1. The first kappa shape index (κ1) is 25.1. The number of ketones is 1. The van der Waals surface area contributed by atoms with E-state index in [0.717, 1.165) is 31.6 Å². The first-order valence-corrected chi connectivity index (χ1v) is 11.8. The molecule has 0 spiro atoms. The number of piperidine rings is 1. The van der Waals surface area contributed by atoms with Crippen molar-refractivity contribution in [1.82, 2.24) is 4.57 Å². The molecule has 1 unspecified atom stereocenters. The summed E-state index contributed by atoms with van der Waals surface area (Å²) in [5, 5.41) is 11.7. The van der Waals surface area contributed by atoms with E-state index >= 15 is 0 Å². The minimum Gasteiger partial charge on any atom is -0.454 e. The number of nitro groups is 1. The number of nitrogens with zero attached hydrogens (tertiary/aromatic N) is 3. The number of anilines is 1. The van der Waals surface area contributed by atoms with Crippen LogP contribution in [-0.4, -0.2) is 40.9 Å². The number of hydrogen-bond donors (Lipinski definition) is 0. The van der Waals surface area contributed by atoms with Crippen molar-refractivity contribution in [3.63, 3.8) is 0 Å². The van der Waals surface area contributed by atoms with Crippen molar-refractivity contribution in [3.05, 3.63) is 87.0 Å². The number of benzene rings is 2. The summed E-state index contributed by atoms with van der Waals surface area (Å²) in [6.07, 6.45) is 2.03. The summed E-state index contributed by atoms with van der Waals surface area (Å²) in [5.41, 5.74) is 2.83. The fraction of sp³-hybridized carbons (Fsp3) is 0.333. The molecule has 1 fully saturated rings. The average molecular weight is 494 g/mol. The van der Waals surface area contributed by atoms with Gasteiger partial charge in [0.15, 0.2) is 6.61 Å². The zero-order valence-corrected chi connectivity index (χ0v) is 20.5. The molecule has 0 bridgehead atoms. The maximum Gasteiger partial charge on any atom is 0.338 e. The van der Waals surface area contributed by atoms with Crippen LogP contribution in [0, 0.1) is 35.7 Å². The summed E-state index contributed by atoms with van der Waals surface area (Å²) < 4.78 is 20.3. The molecule has 1 aliphatic heterocycles. The van der Waals surface area contributed by atoms with Gasteiger partial charge in [-0.3, -0.25) is 14.9 Å². The lowest BCUT2D eigenvalue weighted by Crippen LogP contribution is -2.34. The third-order valence-corrected chi connectivity index (χ3v) is 6.56. The third kappa shape index (κ3) is 5.15. The van der Waals surface area contributed by atoms with Gasteiger partial charge in [0.2, 0.25) is 5.78 Å². The summed E-state index contributed by atoms with van der Waals surface area (Å²) >= 11 is 0. The quantitative estimate of drug-likeness (QED) is 0.189. The van der Waals surface area contributed by atoms with Gasteiger partial charge in [0, 0.05) is 41.8 Å². The van der Waals surface area contributed by atoms with Crippen molar-refractivity contribution in [1.29, 1.82) is 0 Å². The Morgan fingerprint density at radius 3 is 2.53 bits per heavy atom. The van der Waals surface area contributed by atoms with E-state index in [1.54, 1.807) is 31.2 Å². The number of hydrogen-bond acceptors (Lipinski definition) is 6. The normalized spacial score (nSPS) is 15.6. The number of ether oxygens (including phenoxy) is 1. The maximum absolute atomic E-state index is 13.3. The molecule has 0 radical (unpaired) electrons. The topological polar surface area (TPSA) is 94.7 Å². The number of esters is 1. The smallest absolute Gasteiger partial charge is 0.338 e.